The second-order valence-corrected chi connectivity index (χ2v) is 4.94. The third kappa shape index (κ3) is 2.21. The van der Waals surface area contributed by atoms with E-state index >= 15 is 0 Å². The number of fused-ring (bicyclic) bond motifs is 1. The third-order valence-electron chi connectivity index (χ3n) is 3.74. The molecule has 1 aliphatic heterocycles. The summed E-state index contributed by atoms with van der Waals surface area (Å²) in [4.78, 5) is 13.8. The van der Waals surface area contributed by atoms with Crippen LogP contribution in [0.2, 0.25) is 0 Å². The van der Waals surface area contributed by atoms with Crippen LogP contribution in [0.4, 0.5) is 5.69 Å². The minimum atomic E-state index is -0.0942. The summed E-state index contributed by atoms with van der Waals surface area (Å²) in [6.45, 7) is 0.612. The maximum atomic E-state index is 12.0. The van der Waals surface area contributed by atoms with Crippen LogP contribution in [-0.2, 0) is 11.2 Å². The molecule has 20 heavy (non-hydrogen) atoms. The molecule has 3 rings (SSSR count). The summed E-state index contributed by atoms with van der Waals surface area (Å²) >= 11 is 0. The molecule has 1 aliphatic rings. The molecule has 3 nitrogen and oxygen atoms in total. The van der Waals surface area contributed by atoms with Gasteiger partial charge < -0.3 is 10.0 Å². The molecule has 0 radical (unpaired) electrons. The van der Waals surface area contributed by atoms with Gasteiger partial charge in [-0.25, -0.2) is 0 Å². The van der Waals surface area contributed by atoms with Crippen molar-refractivity contribution in [2.45, 2.75) is 12.8 Å². The fourth-order valence-electron chi connectivity index (χ4n) is 2.81. The summed E-state index contributed by atoms with van der Waals surface area (Å²) in [5, 5.41) is 8.93. The number of carbonyl (C=O) groups is 1. The van der Waals surface area contributed by atoms with Gasteiger partial charge in [0.25, 0.3) is 0 Å². The summed E-state index contributed by atoms with van der Waals surface area (Å²) in [7, 11) is 0. The standard InChI is InChI=1S/C17H17NO2/c19-12-10-17(20)18-11-9-15-14(7-4-8-16(15)18)13-5-2-1-3-6-13/h1-8,19H,9-12H2. The molecule has 0 saturated heterocycles. The number of rotatable bonds is 3. The second kappa shape index (κ2) is 5.47. The van der Waals surface area contributed by atoms with E-state index in [1.807, 2.05) is 30.3 Å². The minimum absolute atomic E-state index is 0.00328. The molecule has 2 aromatic carbocycles. The van der Waals surface area contributed by atoms with Crippen molar-refractivity contribution in [1.82, 2.24) is 0 Å². The van der Waals surface area contributed by atoms with Gasteiger partial charge in [-0.1, -0.05) is 42.5 Å². The van der Waals surface area contributed by atoms with E-state index in [9.17, 15) is 4.79 Å². The van der Waals surface area contributed by atoms with E-state index in [4.69, 9.17) is 5.11 Å². The Morgan fingerprint density at radius 2 is 1.90 bits per heavy atom. The van der Waals surface area contributed by atoms with Crippen molar-refractivity contribution in [2.24, 2.45) is 0 Å². The normalized spacial score (nSPS) is 13.3. The number of anilines is 1. The summed E-state index contributed by atoms with van der Waals surface area (Å²) in [6.07, 6.45) is 1.06. The smallest absolute Gasteiger partial charge is 0.229 e. The Bertz CT molecular complexity index is 622. The molecule has 0 saturated carbocycles. The van der Waals surface area contributed by atoms with Crippen molar-refractivity contribution in [3.05, 3.63) is 54.1 Å². The number of benzene rings is 2. The first-order valence-electron chi connectivity index (χ1n) is 6.90. The average Bonchev–Trinajstić information content (AvgIpc) is 2.92. The topological polar surface area (TPSA) is 40.5 Å². The molecule has 0 aromatic heterocycles. The van der Waals surface area contributed by atoms with Crippen LogP contribution in [0.1, 0.15) is 12.0 Å². The molecule has 0 spiro atoms. The first-order chi connectivity index (χ1) is 9.81. The van der Waals surface area contributed by atoms with Crippen LogP contribution in [0.3, 0.4) is 0 Å². The van der Waals surface area contributed by atoms with Crippen molar-refractivity contribution < 1.29 is 9.90 Å². The average molecular weight is 267 g/mol. The van der Waals surface area contributed by atoms with E-state index in [1.165, 1.54) is 16.7 Å². The lowest BCUT2D eigenvalue weighted by Gasteiger charge is -2.17. The van der Waals surface area contributed by atoms with Crippen LogP contribution in [0.25, 0.3) is 11.1 Å². The predicted molar refractivity (Wildman–Crippen MR) is 79.6 cm³/mol. The Morgan fingerprint density at radius 1 is 1.10 bits per heavy atom. The van der Waals surface area contributed by atoms with Gasteiger partial charge in [0.05, 0.1) is 13.0 Å². The summed E-state index contributed by atoms with van der Waals surface area (Å²) in [5.41, 5.74) is 4.60. The van der Waals surface area contributed by atoms with Gasteiger partial charge in [0.15, 0.2) is 0 Å². The van der Waals surface area contributed by atoms with E-state index in [1.54, 1.807) is 4.90 Å². The SMILES string of the molecule is O=C(CCO)N1CCc2c(-c3ccccc3)cccc21. The third-order valence-corrected chi connectivity index (χ3v) is 3.74. The van der Waals surface area contributed by atoms with Gasteiger partial charge in [-0.15, -0.1) is 0 Å². The molecule has 1 heterocycles. The van der Waals surface area contributed by atoms with Crippen LogP contribution < -0.4 is 4.90 Å². The maximum Gasteiger partial charge on any atom is 0.229 e. The quantitative estimate of drug-likeness (QED) is 0.928. The Kier molecular flexibility index (Phi) is 3.52. The zero-order chi connectivity index (χ0) is 13.9. The number of aliphatic hydroxyl groups is 1. The van der Waals surface area contributed by atoms with Crippen molar-refractivity contribution in [3.8, 4) is 11.1 Å². The molecular weight excluding hydrogens is 250 g/mol. The first kappa shape index (κ1) is 12.9. The Hall–Kier alpha value is -2.13. The van der Waals surface area contributed by atoms with Crippen LogP contribution in [-0.4, -0.2) is 24.2 Å². The second-order valence-electron chi connectivity index (χ2n) is 4.94. The Morgan fingerprint density at radius 3 is 2.65 bits per heavy atom. The lowest BCUT2D eigenvalue weighted by Crippen LogP contribution is -2.29. The molecular formula is C17H17NO2. The summed E-state index contributed by atoms with van der Waals surface area (Å²) in [6, 6.07) is 16.3. The maximum absolute atomic E-state index is 12.0. The molecule has 102 valence electrons. The van der Waals surface area contributed by atoms with E-state index in [2.05, 4.69) is 18.2 Å². The van der Waals surface area contributed by atoms with Gasteiger partial charge in [-0.2, -0.15) is 0 Å². The molecule has 1 N–H and O–H groups in total. The highest BCUT2D eigenvalue weighted by Gasteiger charge is 2.26. The first-order valence-corrected chi connectivity index (χ1v) is 6.90. The molecule has 0 unspecified atom stereocenters. The zero-order valence-corrected chi connectivity index (χ0v) is 11.2. The van der Waals surface area contributed by atoms with E-state index in [0.717, 1.165) is 12.1 Å². The number of nitrogens with zero attached hydrogens (tertiary/aromatic N) is 1. The summed E-state index contributed by atoms with van der Waals surface area (Å²) in [5.74, 6) is -0.00328. The van der Waals surface area contributed by atoms with Gasteiger partial charge in [0.2, 0.25) is 5.91 Å². The van der Waals surface area contributed by atoms with Gasteiger partial charge in [0, 0.05) is 12.2 Å². The lowest BCUT2D eigenvalue weighted by molar-refractivity contribution is -0.119. The van der Waals surface area contributed by atoms with Gasteiger partial charge in [-0.3, -0.25) is 4.79 Å². The monoisotopic (exact) mass is 267 g/mol. The molecule has 0 aliphatic carbocycles. The molecule has 3 heteroatoms. The van der Waals surface area contributed by atoms with Crippen molar-refractivity contribution >= 4 is 11.6 Å². The fraction of sp³-hybridized carbons (Fsp3) is 0.235. The highest BCUT2D eigenvalue weighted by atomic mass is 16.3. The number of aliphatic hydroxyl groups excluding tert-OH is 1. The number of carbonyl (C=O) groups excluding carboxylic acids is 1. The van der Waals surface area contributed by atoms with E-state index in [0.29, 0.717) is 6.54 Å². The van der Waals surface area contributed by atoms with E-state index < -0.39 is 0 Å². The van der Waals surface area contributed by atoms with E-state index in [-0.39, 0.29) is 18.9 Å². The van der Waals surface area contributed by atoms with Crippen LogP contribution in [0.15, 0.2) is 48.5 Å². The molecule has 0 atom stereocenters. The number of amides is 1. The molecule has 0 fully saturated rings. The Labute approximate surface area is 118 Å². The van der Waals surface area contributed by atoms with Crippen LogP contribution in [0, 0.1) is 0 Å². The minimum Gasteiger partial charge on any atom is -0.396 e. The predicted octanol–water partition coefficient (Wildman–Crippen LogP) is 2.63. The highest BCUT2D eigenvalue weighted by Crippen LogP contribution is 2.36. The number of hydrogen-bond acceptors (Lipinski definition) is 2. The zero-order valence-electron chi connectivity index (χ0n) is 11.2. The lowest BCUT2D eigenvalue weighted by atomic mass is 9.98. The molecule has 1 amide bonds. The van der Waals surface area contributed by atoms with Crippen molar-refractivity contribution in [3.63, 3.8) is 0 Å². The largest absolute Gasteiger partial charge is 0.396 e. The van der Waals surface area contributed by atoms with Gasteiger partial charge >= 0.3 is 0 Å². The van der Waals surface area contributed by atoms with Gasteiger partial charge in [-0.05, 0) is 29.2 Å². The van der Waals surface area contributed by atoms with Crippen molar-refractivity contribution in [1.29, 1.82) is 0 Å². The summed E-state index contributed by atoms with van der Waals surface area (Å²) < 4.78 is 0. The molecule has 0 bridgehead atoms. The Balaban J connectivity index is 2.00. The fourth-order valence-corrected chi connectivity index (χ4v) is 2.81. The highest BCUT2D eigenvalue weighted by molar-refractivity contribution is 5.97. The van der Waals surface area contributed by atoms with Crippen molar-refractivity contribution in [2.75, 3.05) is 18.1 Å². The molecule has 2 aromatic rings. The van der Waals surface area contributed by atoms with Crippen LogP contribution in [0.5, 0.6) is 0 Å². The van der Waals surface area contributed by atoms with Gasteiger partial charge in [0.1, 0.15) is 0 Å². The van der Waals surface area contributed by atoms with Crippen LogP contribution >= 0.6 is 0 Å². The number of hydrogen-bond donors (Lipinski definition) is 1.